The van der Waals surface area contributed by atoms with Gasteiger partial charge in [-0.1, -0.05) is 69.0 Å². The molecule has 1 aromatic carbocycles. The zero-order valence-corrected chi connectivity index (χ0v) is 18.5. The lowest BCUT2D eigenvalue weighted by atomic mass is 9.66. The number of hydrogen-bond acceptors (Lipinski definition) is 4. The molecule has 0 N–H and O–H groups in total. The molecule has 2 aromatic heterocycles. The van der Waals surface area contributed by atoms with Gasteiger partial charge in [0.15, 0.2) is 5.16 Å². The van der Waals surface area contributed by atoms with E-state index in [1.54, 1.807) is 16.2 Å². The van der Waals surface area contributed by atoms with Gasteiger partial charge < -0.3 is 0 Å². The Morgan fingerprint density at radius 3 is 2.62 bits per heavy atom. The fourth-order valence-electron chi connectivity index (χ4n) is 4.52. The van der Waals surface area contributed by atoms with E-state index < -0.39 is 0 Å². The van der Waals surface area contributed by atoms with Crippen molar-refractivity contribution in [3.8, 4) is 11.3 Å². The molecule has 0 spiro atoms. The van der Waals surface area contributed by atoms with Crippen LogP contribution in [0, 0.1) is 0 Å². The largest absolute Gasteiger partial charge is 0.268 e. The van der Waals surface area contributed by atoms with E-state index in [0.717, 1.165) is 47.4 Å². The van der Waals surface area contributed by atoms with Gasteiger partial charge in [0.1, 0.15) is 0 Å². The number of thioether (sulfide) groups is 1. The molecular formula is C23H28N4OS. The van der Waals surface area contributed by atoms with Crippen LogP contribution in [0.15, 0.2) is 46.4 Å². The molecule has 4 rings (SSSR count). The lowest BCUT2D eigenvalue weighted by molar-refractivity contribution is 0.382. The van der Waals surface area contributed by atoms with Crippen molar-refractivity contribution >= 4 is 17.5 Å². The van der Waals surface area contributed by atoms with Gasteiger partial charge in [-0.2, -0.15) is 0 Å². The Bertz CT molecular complexity index is 1150. The molecule has 0 bridgehead atoms. The highest BCUT2D eigenvalue weighted by Crippen LogP contribution is 2.44. The van der Waals surface area contributed by atoms with Gasteiger partial charge in [-0.25, -0.2) is 14.1 Å². The monoisotopic (exact) mass is 408 g/mol. The fraction of sp³-hybridized carbons (Fsp3) is 0.435. The zero-order chi connectivity index (χ0) is 20.8. The molecule has 0 saturated carbocycles. The molecule has 29 heavy (non-hydrogen) atoms. The van der Waals surface area contributed by atoms with Gasteiger partial charge >= 0.3 is 0 Å². The molecule has 152 valence electrons. The zero-order valence-electron chi connectivity index (χ0n) is 17.7. The third-order valence-electron chi connectivity index (χ3n) is 6.07. The normalized spacial score (nSPS) is 14.6. The number of rotatable bonds is 6. The Hall–Kier alpha value is -2.34. The van der Waals surface area contributed by atoms with Crippen LogP contribution in [0.25, 0.3) is 17.0 Å². The van der Waals surface area contributed by atoms with Crippen molar-refractivity contribution in [1.29, 1.82) is 0 Å². The summed E-state index contributed by atoms with van der Waals surface area (Å²) in [5.74, 6) is 1.45. The van der Waals surface area contributed by atoms with Crippen molar-refractivity contribution in [1.82, 2.24) is 19.2 Å². The minimum absolute atomic E-state index is 0.0344. The summed E-state index contributed by atoms with van der Waals surface area (Å²) in [7, 11) is 0. The lowest BCUT2D eigenvalue weighted by Gasteiger charge is -2.37. The maximum Gasteiger partial charge on any atom is 0.265 e. The molecular weight excluding hydrogens is 380 g/mol. The molecule has 1 aliphatic rings. The summed E-state index contributed by atoms with van der Waals surface area (Å²) >= 11 is 1.58. The molecule has 2 heterocycles. The Balaban J connectivity index is 2.14. The topological polar surface area (TPSA) is 52.2 Å². The SMILES string of the molecule is C=C(C)Cn1nc(SCC)n2c(=O)c3c(nc12)-c1ccccc1CC3(CC)CC. The first kappa shape index (κ1) is 20.0. The van der Waals surface area contributed by atoms with Gasteiger partial charge in [0.05, 0.1) is 17.8 Å². The Labute approximate surface area is 175 Å². The summed E-state index contributed by atoms with van der Waals surface area (Å²) in [6, 6.07) is 8.37. The van der Waals surface area contributed by atoms with Gasteiger partial charge in [-0.3, -0.25) is 4.79 Å². The molecule has 6 heteroatoms. The lowest BCUT2D eigenvalue weighted by Crippen LogP contribution is -2.39. The Morgan fingerprint density at radius 2 is 1.97 bits per heavy atom. The summed E-state index contributed by atoms with van der Waals surface area (Å²) in [5.41, 5.74) is 4.85. The standard InChI is InChI=1S/C23H28N4OS/c1-6-23(7-2)13-16-11-9-10-12-17(16)19-18(23)20(28)27-21(24-19)26(14-15(4)5)25-22(27)29-8-3/h9-12H,4,6-8,13-14H2,1-3,5H3. The molecule has 0 saturated heterocycles. The first-order chi connectivity index (χ1) is 14.0. The smallest absolute Gasteiger partial charge is 0.265 e. The minimum Gasteiger partial charge on any atom is -0.268 e. The van der Waals surface area contributed by atoms with Crippen LogP contribution in [-0.2, 0) is 18.4 Å². The van der Waals surface area contributed by atoms with Gasteiger partial charge in [0, 0.05) is 11.0 Å². The second-order valence-corrected chi connectivity index (χ2v) is 9.16. The van der Waals surface area contributed by atoms with Crippen molar-refractivity contribution in [2.75, 3.05) is 5.75 Å². The summed E-state index contributed by atoms with van der Waals surface area (Å²) in [6.07, 6.45) is 2.69. The molecule has 1 aliphatic carbocycles. The maximum atomic E-state index is 13.9. The van der Waals surface area contributed by atoms with Crippen LogP contribution in [0.1, 0.15) is 51.7 Å². The second kappa shape index (κ2) is 7.48. The first-order valence-electron chi connectivity index (χ1n) is 10.3. The molecule has 0 unspecified atom stereocenters. The van der Waals surface area contributed by atoms with Gasteiger partial charge in [-0.05, 0) is 37.5 Å². The highest BCUT2D eigenvalue weighted by molar-refractivity contribution is 7.99. The average molecular weight is 409 g/mol. The molecule has 3 aromatic rings. The van der Waals surface area contributed by atoms with Crippen molar-refractivity contribution in [3.05, 3.63) is 57.9 Å². The van der Waals surface area contributed by atoms with E-state index in [1.807, 2.05) is 17.7 Å². The van der Waals surface area contributed by atoms with Gasteiger partial charge in [0.2, 0.25) is 5.78 Å². The van der Waals surface area contributed by atoms with Crippen LogP contribution in [0.4, 0.5) is 0 Å². The van der Waals surface area contributed by atoms with E-state index in [4.69, 9.17) is 10.1 Å². The fourth-order valence-corrected chi connectivity index (χ4v) is 5.23. The Morgan fingerprint density at radius 1 is 1.24 bits per heavy atom. The van der Waals surface area contributed by atoms with Crippen molar-refractivity contribution in [2.24, 2.45) is 0 Å². The molecule has 0 atom stereocenters. The highest BCUT2D eigenvalue weighted by atomic mass is 32.2. The summed E-state index contributed by atoms with van der Waals surface area (Å²) in [5, 5.41) is 5.44. The van der Waals surface area contributed by atoms with Crippen molar-refractivity contribution in [2.45, 2.75) is 64.1 Å². The van der Waals surface area contributed by atoms with Crippen LogP contribution in [-0.4, -0.2) is 24.9 Å². The third-order valence-corrected chi connectivity index (χ3v) is 6.88. The van der Waals surface area contributed by atoms with Crippen LogP contribution >= 0.6 is 11.8 Å². The van der Waals surface area contributed by atoms with Crippen LogP contribution in [0.2, 0.25) is 0 Å². The van der Waals surface area contributed by atoms with E-state index in [2.05, 4.69) is 45.5 Å². The van der Waals surface area contributed by atoms with Gasteiger partial charge in [0.25, 0.3) is 5.56 Å². The first-order valence-corrected chi connectivity index (χ1v) is 11.3. The molecule has 0 radical (unpaired) electrons. The van der Waals surface area contributed by atoms with E-state index in [-0.39, 0.29) is 11.0 Å². The Kier molecular flexibility index (Phi) is 5.15. The highest BCUT2D eigenvalue weighted by Gasteiger charge is 2.40. The predicted octanol–water partition coefficient (Wildman–Crippen LogP) is 4.86. The maximum absolute atomic E-state index is 13.9. The number of allylic oxidation sites excluding steroid dienone is 1. The summed E-state index contributed by atoms with van der Waals surface area (Å²) < 4.78 is 3.54. The van der Waals surface area contributed by atoms with Crippen LogP contribution in [0.3, 0.4) is 0 Å². The van der Waals surface area contributed by atoms with Gasteiger partial charge in [-0.15, -0.1) is 5.10 Å². The quantitative estimate of drug-likeness (QED) is 0.432. The summed E-state index contributed by atoms with van der Waals surface area (Å²) in [4.78, 5) is 19.0. The number of benzene rings is 1. The van der Waals surface area contributed by atoms with Crippen molar-refractivity contribution in [3.63, 3.8) is 0 Å². The van der Waals surface area contributed by atoms with E-state index in [1.165, 1.54) is 5.56 Å². The van der Waals surface area contributed by atoms with Crippen molar-refractivity contribution < 1.29 is 0 Å². The number of aromatic nitrogens is 4. The average Bonchev–Trinajstić information content (AvgIpc) is 3.04. The van der Waals surface area contributed by atoms with Crippen LogP contribution < -0.4 is 5.56 Å². The second-order valence-electron chi connectivity index (χ2n) is 7.93. The van der Waals surface area contributed by atoms with E-state index in [0.29, 0.717) is 17.5 Å². The molecule has 0 fully saturated rings. The number of nitrogens with zero attached hydrogens (tertiary/aromatic N) is 4. The van der Waals surface area contributed by atoms with Crippen LogP contribution in [0.5, 0.6) is 0 Å². The minimum atomic E-state index is -0.195. The number of fused-ring (bicyclic) bond motifs is 4. The third kappa shape index (κ3) is 3.05. The molecule has 0 aliphatic heterocycles. The van der Waals surface area contributed by atoms with E-state index in [9.17, 15) is 4.79 Å². The van der Waals surface area contributed by atoms with E-state index >= 15 is 0 Å². The number of hydrogen-bond donors (Lipinski definition) is 0. The summed E-state index contributed by atoms with van der Waals surface area (Å²) in [6.45, 7) is 13.0. The molecule has 5 nitrogen and oxygen atoms in total. The predicted molar refractivity (Wildman–Crippen MR) is 120 cm³/mol. The molecule has 0 amide bonds.